The zero-order valence-corrected chi connectivity index (χ0v) is 26.7. The summed E-state index contributed by atoms with van der Waals surface area (Å²) in [7, 11) is -3.46. The molecule has 10 nitrogen and oxygen atoms in total. The zero-order valence-electron chi connectivity index (χ0n) is 25.2. The molecule has 0 spiro atoms. The summed E-state index contributed by atoms with van der Waals surface area (Å²) in [6, 6.07) is 12.1. The van der Waals surface area contributed by atoms with E-state index in [0.717, 1.165) is 74.1 Å². The first-order chi connectivity index (χ1) is 21.8. The third-order valence-electron chi connectivity index (χ3n) is 8.97. The van der Waals surface area contributed by atoms with Gasteiger partial charge in [-0.1, -0.05) is 23.7 Å². The number of aromatic nitrogens is 4. The molecule has 15 heteroatoms. The van der Waals surface area contributed by atoms with Gasteiger partial charge in [-0.3, -0.25) is 13.8 Å². The predicted octanol–water partition coefficient (Wildman–Crippen LogP) is 4.91. The summed E-state index contributed by atoms with van der Waals surface area (Å²) < 4.78 is 70.7. The van der Waals surface area contributed by atoms with E-state index in [4.69, 9.17) is 16.7 Å². The standard InChI is InChI=1S/C31H33ClF3N7O3S/c1-46(44,45)39-17-11-26-25(20-39)29(21-3-5-22(6-4-21)31(33,34)35)37-41(26)14-2-13-38-15-9-24(10-16-38)42-28-19-23(32)7-8-27(28)40(18-12-36)30(42)43/h3-8,19,24H,2,9-11,13-18,20H2,1H3. The third kappa shape index (κ3) is 6.33. The number of likely N-dealkylation sites (tertiary alicyclic amines) is 1. The van der Waals surface area contributed by atoms with Crippen molar-refractivity contribution in [2.45, 2.75) is 57.5 Å². The van der Waals surface area contributed by atoms with Gasteiger partial charge in [-0.25, -0.2) is 13.2 Å². The Morgan fingerprint density at radius 3 is 2.41 bits per heavy atom. The molecule has 244 valence electrons. The number of benzene rings is 2. The molecule has 0 radical (unpaired) electrons. The van der Waals surface area contributed by atoms with Gasteiger partial charge >= 0.3 is 11.9 Å². The minimum absolute atomic E-state index is 0.0214. The monoisotopic (exact) mass is 675 g/mol. The molecular formula is C31H33ClF3N7O3S. The maximum Gasteiger partial charge on any atom is 0.416 e. The molecule has 4 heterocycles. The largest absolute Gasteiger partial charge is 0.416 e. The molecule has 0 atom stereocenters. The minimum Gasteiger partial charge on any atom is -0.303 e. The van der Waals surface area contributed by atoms with Crippen LogP contribution in [0, 0.1) is 11.3 Å². The highest BCUT2D eigenvalue weighted by atomic mass is 35.5. The van der Waals surface area contributed by atoms with Gasteiger partial charge in [0.2, 0.25) is 10.0 Å². The lowest BCUT2D eigenvalue weighted by atomic mass is 10.0. The molecule has 2 aliphatic rings. The Morgan fingerprint density at radius 2 is 1.76 bits per heavy atom. The molecule has 2 aromatic carbocycles. The first-order valence-corrected chi connectivity index (χ1v) is 17.3. The second-order valence-electron chi connectivity index (χ2n) is 11.9. The quantitative estimate of drug-likeness (QED) is 0.263. The van der Waals surface area contributed by atoms with E-state index in [9.17, 15) is 31.6 Å². The lowest BCUT2D eigenvalue weighted by molar-refractivity contribution is -0.137. The summed E-state index contributed by atoms with van der Waals surface area (Å²) in [5, 5.41) is 14.6. The summed E-state index contributed by atoms with van der Waals surface area (Å²) in [6.45, 7) is 3.30. The van der Waals surface area contributed by atoms with Crippen LogP contribution in [-0.4, -0.2) is 69.0 Å². The maximum absolute atomic E-state index is 13.3. The number of fused-ring (bicyclic) bond motifs is 2. The molecule has 0 unspecified atom stereocenters. The Balaban J connectivity index is 1.15. The maximum atomic E-state index is 13.3. The van der Waals surface area contributed by atoms with Gasteiger partial charge in [0.05, 0.1) is 34.6 Å². The molecule has 1 saturated heterocycles. The van der Waals surface area contributed by atoms with E-state index in [1.165, 1.54) is 21.0 Å². The molecule has 0 aliphatic carbocycles. The van der Waals surface area contributed by atoms with Gasteiger partial charge in [-0.2, -0.15) is 27.8 Å². The van der Waals surface area contributed by atoms with E-state index in [2.05, 4.69) is 11.0 Å². The van der Waals surface area contributed by atoms with Crippen LogP contribution in [0.3, 0.4) is 0 Å². The van der Waals surface area contributed by atoms with Gasteiger partial charge in [-0.15, -0.1) is 0 Å². The van der Waals surface area contributed by atoms with Crippen molar-refractivity contribution in [2.75, 3.05) is 32.4 Å². The number of aryl methyl sites for hydroxylation is 1. The van der Waals surface area contributed by atoms with Crippen molar-refractivity contribution in [3.05, 3.63) is 74.8 Å². The first-order valence-electron chi connectivity index (χ1n) is 15.1. The van der Waals surface area contributed by atoms with Gasteiger partial charge in [-0.05, 0) is 56.1 Å². The number of rotatable bonds is 8. The van der Waals surface area contributed by atoms with Crippen molar-refractivity contribution in [3.63, 3.8) is 0 Å². The average Bonchev–Trinajstić information content (AvgIpc) is 3.51. The number of alkyl halides is 3. The Hall–Kier alpha value is -3.64. The Bertz CT molecular complexity index is 1970. The van der Waals surface area contributed by atoms with Crippen molar-refractivity contribution in [3.8, 4) is 17.3 Å². The summed E-state index contributed by atoms with van der Waals surface area (Å²) >= 11 is 6.25. The third-order valence-corrected chi connectivity index (χ3v) is 10.5. The number of sulfonamides is 1. The van der Waals surface area contributed by atoms with Crippen LogP contribution in [0.5, 0.6) is 0 Å². The van der Waals surface area contributed by atoms with E-state index < -0.39 is 21.8 Å². The molecule has 2 aliphatic heterocycles. The van der Waals surface area contributed by atoms with Crippen molar-refractivity contribution in [1.29, 1.82) is 5.26 Å². The number of imidazole rings is 1. The van der Waals surface area contributed by atoms with Crippen LogP contribution in [0.25, 0.3) is 22.3 Å². The summed E-state index contributed by atoms with van der Waals surface area (Å²) in [5.74, 6) is 0. The summed E-state index contributed by atoms with van der Waals surface area (Å²) in [4.78, 5) is 15.6. The number of hydrogen-bond acceptors (Lipinski definition) is 6. The fourth-order valence-corrected chi connectivity index (χ4v) is 7.61. The molecule has 0 amide bonds. The molecule has 0 bridgehead atoms. The average molecular weight is 676 g/mol. The van der Waals surface area contributed by atoms with Gasteiger partial charge in [0, 0.05) is 67.0 Å². The Kier molecular flexibility index (Phi) is 8.79. The van der Waals surface area contributed by atoms with Gasteiger partial charge in [0.25, 0.3) is 0 Å². The normalized spacial score (nSPS) is 17.0. The number of piperidine rings is 1. The van der Waals surface area contributed by atoms with Crippen LogP contribution in [0.2, 0.25) is 5.02 Å². The molecule has 2 aromatic heterocycles. The van der Waals surface area contributed by atoms with E-state index in [0.29, 0.717) is 41.3 Å². The zero-order chi connectivity index (χ0) is 32.8. The number of halogens is 4. The van der Waals surface area contributed by atoms with E-state index in [-0.39, 0.29) is 24.8 Å². The lowest BCUT2D eigenvalue weighted by Crippen LogP contribution is -2.38. The fourth-order valence-electron chi connectivity index (χ4n) is 6.66. The molecular weight excluding hydrogens is 643 g/mol. The van der Waals surface area contributed by atoms with Crippen LogP contribution in [-0.2, 0) is 42.3 Å². The molecule has 6 rings (SSSR count). The van der Waals surface area contributed by atoms with Crippen LogP contribution in [0.4, 0.5) is 13.2 Å². The van der Waals surface area contributed by atoms with Crippen molar-refractivity contribution < 1.29 is 21.6 Å². The predicted molar refractivity (Wildman–Crippen MR) is 168 cm³/mol. The molecule has 0 N–H and O–H groups in total. The topological polar surface area (TPSA) is 109 Å². The molecule has 1 fully saturated rings. The van der Waals surface area contributed by atoms with Gasteiger partial charge in [0.1, 0.15) is 6.54 Å². The second kappa shape index (κ2) is 12.5. The highest BCUT2D eigenvalue weighted by molar-refractivity contribution is 7.88. The Labute approximate surface area is 269 Å². The summed E-state index contributed by atoms with van der Waals surface area (Å²) in [5.41, 5.74) is 3.08. The van der Waals surface area contributed by atoms with E-state index in [1.807, 2.05) is 4.68 Å². The van der Waals surface area contributed by atoms with E-state index in [1.54, 1.807) is 22.8 Å². The highest BCUT2D eigenvalue weighted by Crippen LogP contribution is 2.35. The van der Waals surface area contributed by atoms with Crippen LogP contribution >= 0.6 is 11.6 Å². The smallest absolute Gasteiger partial charge is 0.303 e. The van der Waals surface area contributed by atoms with Crippen molar-refractivity contribution in [1.82, 2.24) is 28.1 Å². The van der Waals surface area contributed by atoms with E-state index >= 15 is 0 Å². The highest BCUT2D eigenvalue weighted by Gasteiger charge is 2.32. The number of nitriles is 1. The molecule has 0 saturated carbocycles. The first kappa shape index (κ1) is 32.3. The Morgan fingerprint density at radius 1 is 1.04 bits per heavy atom. The minimum atomic E-state index is -4.46. The lowest BCUT2D eigenvalue weighted by Gasteiger charge is -2.32. The fraction of sp³-hybridized carbons (Fsp3) is 0.452. The molecule has 4 aromatic rings. The van der Waals surface area contributed by atoms with Gasteiger partial charge < -0.3 is 4.90 Å². The second-order valence-corrected chi connectivity index (χ2v) is 14.3. The van der Waals surface area contributed by atoms with Crippen molar-refractivity contribution in [2.24, 2.45) is 0 Å². The number of hydrogen-bond donors (Lipinski definition) is 0. The SMILES string of the molecule is CS(=O)(=O)N1CCc2c(c(-c3ccc(C(F)(F)F)cc3)nn2CCCN2CCC(n3c(=O)n(CC#N)c4ccc(Cl)cc43)CC2)C1. The van der Waals surface area contributed by atoms with Crippen LogP contribution < -0.4 is 5.69 Å². The van der Waals surface area contributed by atoms with Crippen molar-refractivity contribution >= 4 is 32.7 Å². The molecule has 46 heavy (non-hydrogen) atoms. The van der Waals surface area contributed by atoms with Gasteiger partial charge in [0.15, 0.2) is 0 Å². The van der Waals surface area contributed by atoms with Crippen LogP contribution in [0.1, 0.15) is 42.1 Å². The van der Waals surface area contributed by atoms with Crippen LogP contribution in [0.15, 0.2) is 47.3 Å². The summed E-state index contributed by atoms with van der Waals surface area (Å²) in [6.07, 6.45) is -0.570. The number of nitrogens with zero attached hydrogens (tertiary/aromatic N) is 7.